The summed E-state index contributed by atoms with van der Waals surface area (Å²) in [7, 11) is 1.68. The molecule has 0 amide bonds. The highest BCUT2D eigenvalue weighted by Crippen LogP contribution is 2.17. The Kier molecular flexibility index (Phi) is 7.80. The molecule has 3 N–H and O–H groups in total. The lowest BCUT2D eigenvalue weighted by Gasteiger charge is -2.11. The summed E-state index contributed by atoms with van der Waals surface area (Å²) >= 11 is 0. The van der Waals surface area contributed by atoms with Gasteiger partial charge >= 0.3 is 0 Å². The zero-order valence-electron chi connectivity index (χ0n) is 15.9. The molecular formula is C21H29N3O2. The normalized spacial score (nSPS) is 11.5. The molecule has 0 aliphatic heterocycles. The maximum Gasteiger partial charge on any atom is 0.193 e. The van der Waals surface area contributed by atoms with Gasteiger partial charge in [0, 0.05) is 12.2 Å². The third-order valence-electron chi connectivity index (χ3n) is 3.81. The summed E-state index contributed by atoms with van der Waals surface area (Å²) in [4.78, 5) is 4.38. The second kappa shape index (κ2) is 10.3. The highest BCUT2D eigenvalue weighted by molar-refractivity contribution is 5.92. The Morgan fingerprint density at radius 1 is 1.00 bits per heavy atom. The summed E-state index contributed by atoms with van der Waals surface area (Å²) in [5.74, 6) is 2.17. The average Bonchev–Trinajstić information content (AvgIpc) is 2.63. The van der Waals surface area contributed by atoms with E-state index in [-0.39, 0.29) is 6.10 Å². The van der Waals surface area contributed by atoms with Gasteiger partial charge in [-0.05, 0) is 75.1 Å². The van der Waals surface area contributed by atoms with Crippen molar-refractivity contribution in [1.82, 2.24) is 0 Å². The number of unbranched alkanes of at least 4 members (excludes halogenated alkanes) is 1. The minimum Gasteiger partial charge on any atom is -0.497 e. The number of nitrogens with one attached hydrogen (secondary N) is 1. The molecule has 2 aromatic rings. The van der Waals surface area contributed by atoms with Crippen molar-refractivity contribution in [1.29, 1.82) is 0 Å². The van der Waals surface area contributed by atoms with Gasteiger partial charge in [0.2, 0.25) is 0 Å². The molecular weight excluding hydrogens is 326 g/mol. The quantitative estimate of drug-likeness (QED) is 0.401. The van der Waals surface area contributed by atoms with Gasteiger partial charge in [-0.15, -0.1) is 0 Å². The predicted molar refractivity (Wildman–Crippen MR) is 108 cm³/mol. The Labute approximate surface area is 156 Å². The lowest BCUT2D eigenvalue weighted by Crippen LogP contribution is -2.22. The molecule has 2 rings (SSSR count). The van der Waals surface area contributed by atoms with Gasteiger partial charge in [-0.25, -0.2) is 0 Å². The van der Waals surface area contributed by atoms with Crippen LogP contribution >= 0.6 is 0 Å². The van der Waals surface area contributed by atoms with E-state index in [1.807, 2.05) is 50.2 Å². The molecule has 5 nitrogen and oxygen atoms in total. The molecule has 140 valence electrons. The highest BCUT2D eigenvalue weighted by atomic mass is 16.5. The number of aliphatic imine (C=N–C) groups is 1. The van der Waals surface area contributed by atoms with Crippen LogP contribution < -0.4 is 20.5 Å². The molecule has 0 aromatic heterocycles. The van der Waals surface area contributed by atoms with E-state index in [2.05, 4.69) is 22.4 Å². The predicted octanol–water partition coefficient (Wildman–Crippen LogP) is 4.23. The maximum atomic E-state index is 5.94. The van der Waals surface area contributed by atoms with E-state index in [9.17, 15) is 0 Å². The Morgan fingerprint density at radius 3 is 2.27 bits per heavy atom. The second-order valence-corrected chi connectivity index (χ2v) is 6.39. The van der Waals surface area contributed by atoms with Gasteiger partial charge in [0.05, 0.1) is 13.2 Å². The van der Waals surface area contributed by atoms with Crippen molar-refractivity contribution in [2.75, 3.05) is 19.0 Å². The van der Waals surface area contributed by atoms with Crippen molar-refractivity contribution in [3.63, 3.8) is 0 Å². The van der Waals surface area contributed by atoms with Crippen LogP contribution in [0, 0.1) is 0 Å². The molecule has 0 aliphatic carbocycles. The van der Waals surface area contributed by atoms with Crippen LogP contribution in [0.4, 0.5) is 5.69 Å². The van der Waals surface area contributed by atoms with Crippen LogP contribution in [0.3, 0.4) is 0 Å². The first-order valence-electron chi connectivity index (χ1n) is 9.03. The van der Waals surface area contributed by atoms with Gasteiger partial charge in [-0.3, -0.25) is 4.99 Å². The number of guanidine groups is 1. The monoisotopic (exact) mass is 355 g/mol. The second-order valence-electron chi connectivity index (χ2n) is 6.39. The Morgan fingerprint density at radius 2 is 1.65 bits per heavy atom. The number of methoxy groups -OCH3 is 1. The Balaban J connectivity index is 1.69. The van der Waals surface area contributed by atoms with Crippen molar-refractivity contribution in [2.24, 2.45) is 10.7 Å². The average molecular weight is 355 g/mol. The van der Waals surface area contributed by atoms with Crippen molar-refractivity contribution < 1.29 is 9.47 Å². The number of aryl methyl sites for hydroxylation is 1. The van der Waals surface area contributed by atoms with Gasteiger partial charge in [0.1, 0.15) is 11.5 Å². The third-order valence-corrected chi connectivity index (χ3v) is 3.81. The first kappa shape index (κ1) is 19.6. The van der Waals surface area contributed by atoms with E-state index in [0.29, 0.717) is 12.5 Å². The minimum atomic E-state index is 0.165. The van der Waals surface area contributed by atoms with Gasteiger partial charge in [-0.1, -0.05) is 12.1 Å². The fraction of sp³-hybridized carbons (Fsp3) is 0.381. The van der Waals surface area contributed by atoms with Gasteiger partial charge in [0.25, 0.3) is 0 Å². The number of rotatable bonds is 9. The Hall–Kier alpha value is -2.69. The van der Waals surface area contributed by atoms with Crippen molar-refractivity contribution >= 4 is 11.6 Å². The lowest BCUT2D eigenvalue weighted by atomic mass is 10.1. The van der Waals surface area contributed by atoms with Crippen LogP contribution in [0.25, 0.3) is 0 Å². The lowest BCUT2D eigenvalue weighted by molar-refractivity contribution is 0.242. The summed E-state index contributed by atoms with van der Waals surface area (Å²) < 4.78 is 10.8. The molecule has 0 aliphatic rings. The molecule has 0 atom stereocenters. The van der Waals surface area contributed by atoms with Gasteiger partial charge in [0.15, 0.2) is 5.96 Å². The topological polar surface area (TPSA) is 68.9 Å². The molecule has 26 heavy (non-hydrogen) atoms. The van der Waals surface area contributed by atoms with E-state index < -0.39 is 0 Å². The molecule has 0 fully saturated rings. The molecule has 2 aromatic carbocycles. The number of nitrogens with two attached hydrogens (primary N) is 1. The summed E-state index contributed by atoms with van der Waals surface area (Å²) in [5, 5.41) is 3.10. The largest absolute Gasteiger partial charge is 0.497 e. The van der Waals surface area contributed by atoms with E-state index in [1.165, 1.54) is 5.56 Å². The number of nitrogens with zero attached hydrogens (tertiary/aromatic N) is 1. The first-order valence-corrected chi connectivity index (χ1v) is 9.03. The highest BCUT2D eigenvalue weighted by Gasteiger charge is 1.99. The van der Waals surface area contributed by atoms with Crippen LogP contribution in [-0.2, 0) is 6.42 Å². The van der Waals surface area contributed by atoms with Crippen LogP contribution in [0.2, 0.25) is 0 Å². The number of ether oxygens (including phenoxy) is 2. The molecule has 0 unspecified atom stereocenters. The van der Waals surface area contributed by atoms with Gasteiger partial charge in [-0.2, -0.15) is 0 Å². The number of hydrogen-bond donors (Lipinski definition) is 2. The summed E-state index contributed by atoms with van der Waals surface area (Å²) in [6.07, 6.45) is 3.27. The molecule has 5 heteroatoms. The summed E-state index contributed by atoms with van der Waals surface area (Å²) in [6.45, 7) is 4.72. The van der Waals surface area contributed by atoms with Crippen LogP contribution in [0.5, 0.6) is 11.5 Å². The fourth-order valence-electron chi connectivity index (χ4n) is 2.51. The van der Waals surface area contributed by atoms with Crippen LogP contribution in [0.15, 0.2) is 53.5 Å². The zero-order chi connectivity index (χ0) is 18.8. The van der Waals surface area contributed by atoms with E-state index in [1.54, 1.807) is 7.11 Å². The molecule has 0 heterocycles. The van der Waals surface area contributed by atoms with Crippen molar-refractivity contribution in [3.8, 4) is 11.5 Å². The molecule has 0 radical (unpaired) electrons. The summed E-state index contributed by atoms with van der Waals surface area (Å²) in [6, 6.07) is 15.9. The van der Waals surface area contributed by atoms with Crippen LogP contribution in [-0.4, -0.2) is 25.7 Å². The SMILES string of the molecule is COc1ccc(CCCCN=C(N)Nc2ccc(OC(C)C)cc2)cc1. The van der Waals surface area contributed by atoms with Gasteiger partial charge < -0.3 is 20.5 Å². The standard InChI is InChI=1S/C21H29N3O2/c1-16(2)26-20-13-9-18(10-14-20)24-21(22)23-15-5-4-6-17-7-11-19(25-3)12-8-17/h7-14,16H,4-6,15H2,1-3H3,(H3,22,23,24). The smallest absolute Gasteiger partial charge is 0.193 e. The fourth-order valence-corrected chi connectivity index (χ4v) is 2.51. The first-order chi connectivity index (χ1) is 12.6. The number of benzene rings is 2. The number of anilines is 1. The zero-order valence-corrected chi connectivity index (χ0v) is 15.9. The Bertz CT molecular complexity index is 679. The van der Waals surface area contributed by atoms with E-state index in [0.717, 1.165) is 36.4 Å². The summed E-state index contributed by atoms with van der Waals surface area (Å²) in [5.41, 5.74) is 8.16. The molecule has 0 saturated heterocycles. The number of hydrogen-bond acceptors (Lipinski definition) is 3. The minimum absolute atomic E-state index is 0.165. The third kappa shape index (κ3) is 7.05. The molecule has 0 saturated carbocycles. The van der Waals surface area contributed by atoms with Crippen molar-refractivity contribution in [2.45, 2.75) is 39.2 Å². The van der Waals surface area contributed by atoms with E-state index in [4.69, 9.17) is 15.2 Å². The maximum absolute atomic E-state index is 5.94. The molecule has 0 spiro atoms. The van der Waals surface area contributed by atoms with Crippen LogP contribution in [0.1, 0.15) is 32.3 Å². The van der Waals surface area contributed by atoms with E-state index >= 15 is 0 Å². The molecule has 0 bridgehead atoms. The van der Waals surface area contributed by atoms with Crippen molar-refractivity contribution in [3.05, 3.63) is 54.1 Å².